The van der Waals surface area contributed by atoms with E-state index in [9.17, 15) is 43.2 Å². The average molecular weight is 1480 g/mol. The van der Waals surface area contributed by atoms with E-state index in [4.69, 9.17) is 37.0 Å². The Hall–Kier alpha value is -1.94. The fourth-order valence-corrected chi connectivity index (χ4v) is 14.2. The molecule has 600 valence electrons. The summed E-state index contributed by atoms with van der Waals surface area (Å²) in [4.78, 5) is 73.0. The Morgan fingerprint density at radius 1 is 0.287 bits per heavy atom. The normalized spacial score (nSPS) is 14.5. The molecule has 0 saturated heterocycles. The van der Waals surface area contributed by atoms with Crippen LogP contribution in [-0.4, -0.2) is 96.7 Å². The van der Waals surface area contributed by atoms with E-state index in [2.05, 4.69) is 48.5 Å². The molecule has 0 aliphatic heterocycles. The highest BCUT2D eigenvalue weighted by Gasteiger charge is 2.30. The summed E-state index contributed by atoms with van der Waals surface area (Å²) >= 11 is 0. The lowest BCUT2D eigenvalue weighted by Crippen LogP contribution is -2.30. The van der Waals surface area contributed by atoms with E-state index in [1.54, 1.807) is 0 Å². The van der Waals surface area contributed by atoms with Crippen molar-refractivity contribution in [2.45, 2.75) is 446 Å². The number of rotatable bonds is 80. The Morgan fingerprint density at radius 2 is 0.505 bits per heavy atom. The van der Waals surface area contributed by atoms with E-state index >= 15 is 0 Å². The van der Waals surface area contributed by atoms with Gasteiger partial charge >= 0.3 is 39.5 Å². The molecule has 0 aliphatic rings. The van der Waals surface area contributed by atoms with Gasteiger partial charge in [-0.15, -0.1) is 0 Å². The second kappa shape index (κ2) is 72.3. The van der Waals surface area contributed by atoms with Gasteiger partial charge in [0.25, 0.3) is 0 Å². The molecule has 0 aromatic rings. The number of carbonyl (C=O) groups is 4. The number of aliphatic hydroxyl groups excluding tert-OH is 1. The first kappa shape index (κ1) is 99.1. The zero-order valence-electron chi connectivity index (χ0n) is 66.4. The van der Waals surface area contributed by atoms with Crippen LogP contribution in [-0.2, 0) is 65.4 Å². The topological polar surface area (TPSA) is 237 Å². The minimum Gasteiger partial charge on any atom is -0.462 e. The summed E-state index contributed by atoms with van der Waals surface area (Å²) in [6.45, 7) is 12.0. The van der Waals surface area contributed by atoms with E-state index in [1.165, 1.54) is 231 Å². The van der Waals surface area contributed by atoms with E-state index < -0.39 is 97.5 Å². The first-order valence-corrected chi connectivity index (χ1v) is 45.4. The monoisotopic (exact) mass is 1480 g/mol. The second-order valence-electron chi connectivity index (χ2n) is 30.5. The Morgan fingerprint density at radius 3 is 0.752 bits per heavy atom. The van der Waals surface area contributed by atoms with Crippen molar-refractivity contribution in [3.05, 3.63) is 0 Å². The van der Waals surface area contributed by atoms with Gasteiger partial charge in [0.15, 0.2) is 12.2 Å². The van der Waals surface area contributed by atoms with Crippen molar-refractivity contribution in [2.24, 2.45) is 17.8 Å². The number of hydrogen-bond acceptors (Lipinski definition) is 15. The van der Waals surface area contributed by atoms with Crippen LogP contribution in [0.15, 0.2) is 0 Å². The molecule has 0 saturated carbocycles. The maximum atomic E-state index is 13.1. The number of aliphatic hydroxyl groups is 1. The molecule has 17 nitrogen and oxygen atoms in total. The second-order valence-corrected chi connectivity index (χ2v) is 33.4. The fraction of sp³-hybridized carbons (Fsp3) is 0.951. The number of carbonyl (C=O) groups excluding carboxylic acids is 4. The number of hydrogen-bond donors (Lipinski definition) is 3. The number of unbranched alkanes of at least 4 members (excludes halogenated alkanes) is 46. The molecule has 0 radical (unpaired) electrons. The van der Waals surface area contributed by atoms with Crippen LogP contribution in [0.25, 0.3) is 0 Å². The van der Waals surface area contributed by atoms with Crippen LogP contribution < -0.4 is 0 Å². The van der Waals surface area contributed by atoms with Gasteiger partial charge in [0.1, 0.15) is 19.3 Å². The maximum absolute atomic E-state index is 13.1. The third-order valence-electron chi connectivity index (χ3n) is 19.9. The van der Waals surface area contributed by atoms with Gasteiger partial charge in [-0.3, -0.25) is 37.3 Å². The zero-order chi connectivity index (χ0) is 74.4. The first-order chi connectivity index (χ1) is 48.8. The summed E-state index contributed by atoms with van der Waals surface area (Å²) in [6, 6.07) is 0. The van der Waals surface area contributed by atoms with Gasteiger partial charge in [-0.1, -0.05) is 376 Å². The highest BCUT2D eigenvalue weighted by molar-refractivity contribution is 7.47. The number of phosphoric acid groups is 2. The van der Waals surface area contributed by atoms with Crippen LogP contribution in [0.3, 0.4) is 0 Å². The summed E-state index contributed by atoms with van der Waals surface area (Å²) in [7, 11) is -9.92. The lowest BCUT2D eigenvalue weighted by molar-refractivity contribution is -0.161. The van der Waals surface area contributed by atoms with Crippen LogP contribution >= 0.6 is 15.6 Å². The average Bonchev–Trinajstić information content (AvgIpc) is 1.12. The quantitative estimate of drug-likeness (QED) is 0.0222. The number of phosphoric ester groups is 2. The molecule has 0 fully saturated rings. The third-order valence-corrected chi connectivity index (χ3v) is 21.8. The van der Waals surface area contributed by atoms with Crippen LogP contribution in [0.4, 0.5) is 0 Å². The molecule has 0 amide bonds. The molecule has 0 aromatic heterocycles. The fourth-order valence-electron chi connectivity index (χ4n) is 12.6. The predicted molar refractivity (Wildman–Crippen MR) is 414 cm³/mol. The molecule has 0 aliphatic carbocycles. The van der Waals surface area contributed by atoms with Crippen molar-refractivity contribution < 1.29 is 80.2 Å². The maximum Gasteiger partial charge on any atom is 0.472 e. The van der Waals surface area contributed by atoms with Gasteiger partial charge in [0.2, 0.25) is 0 Å². The van der Waals surface area contributed by atoms with Gasteiger partial charge in [0, 0.05) is 25.7 Å². The van der Waals surface area contributed by atoms with Crippen molar-refractivity contribution in [1.82, 2.24) is 0 Å². The lowest BCUT2D eigenvalue weighted by Gasteiger charge is -2.21. The zero-order valence-corrected chi connectivity index (χ0v) is 68.2. The van der Waals surface area contributed by atoms with Crippen LogP contribution in [0.1, 0.15) is 427 Å². The molecule has 0 rings (SSSR count). The molecular weight excluding hydrogens is 1320 g/mol. The summed E-state index contributed by atoms with van der Waals surface area (Å²) in [6.07, 6.45) is 61.1. The molecule has 0 bridgehead atoms. The molecular formula is C82H160O17P2. The Bertz CT molecular complexity index is 1960. The van der Waals surface area contributed by atoms with E-state index in [-0.39, 0.29) is 25.7 Å². The molecule has 0 aromatic carbocycles. The Balaban J connectivity index is 5.22. The number of esters is 4. The van der Waals surface area contributed by atoms with E-state index in [0.29, 0.717) is 25.7 Å². The van der Waals surface area contributed by atoms with Crippen molar-refractivity contribution >= 4 is 39.5 Å². The standard InChI is InChI=1S/C82H160O17P2/c1-8-11-12-13-14-15-16-17-18-24-27-30-36-41-49-56-63-79(84)92-69-77(98-81(86)65-58-51-42-37-31-28-25-22-20-19-21-23-26-29-35-40-47-54-61-74(6)9-2)71-96-100(88,89)94-67-76(83)68-95-101(90,91)97-72-78(70-93-80(85)64-57-50-45-44-48-55-62-75(7)10-3)99-82(87)66-59-52-43-38-33-32-34-39-46-53-60-73(4)5/h73-78,83H,8-72H2,1-7H3,(H,88,89)(H,90,91)/t74?,75?,76-,77-,78-/m1/s1. The summed E-state index contributed by atoms with van der Waals surface area (Å²) < 4.78 is 68.7. The largest absolute Gasteiger partial charge is 0.472 e. The Kier molecular flexibility index (Phi) is 70.9. The number of ether oxygens (including phenoxy) is 4. The molecule has 19 heteroatoms. The van der Waals surface area contributed by atoms with Gasteiger partial charge in [-0.05, 0) is 43.4 Å². The molecule has 7 atom stereocenters. The summed E-state index contributed by atoms with van der Waals surface area (Å²) in [5, 5.41) is 10.6. The van der Waals surface area contributed by atoms with Crippen LogP contribution in [0, 0.1) is 17.8 Å². The van der Waals surface area contributed by atoms with Gasteiger partial charge in [0.05, 0.1) is 26.4 Å². The third kappa shape index (κ3) is 73.4. The molecule has 4 unspecified atom stereocenters. The van der Waals surface area contributed by atoms with E-state index in [1.807, 2.05) is 0 Å². The first-order valence-electron chi connectivity index (χ1n) is 42.4. The molecule has 0 heterocycles. The van der Waals surface area contributed by atoms with Crippen LogP contribution in [0.5, 0.6) is 0 Å². The molecule has 101 heavy (non-hydrogen) atoms. The van der Waals surface area contributed by atoms with Gasteiger partial charge in [-0.25, -0.2) is 9.13 Å². The van der Waals surface area contributed by atoms with Crippen molar-refractivity contribution in [3.8, 4) is 0 Å². The van der Waals surface area contributed by atoms with Gasteiger partial charge in [-0.2, -0.15) is 0 Å². The molecule has 3 N–H and O–H groups in total. The highest BCUT2D eigenvalue weighted by atomic mass is 31.2. The SMILES string of the molecule is CCCCCCCCCCCCCCCCCCC(=O)OC[C@H](COP(=O)(O)OC[C@@H](O)COP(=O)(O)OC[C@@H](COC(=O)CCCCCCCCC(C)CC)OC(=O)CCCCCCCCCCCCC(C)C)OC(=O)CCCCCCCCCCCCCCCCCCCCC(C)CC. The highest BCUT2D eigenvalue weighted by Crippen LogP contribution is 2.45. The minimum absolute atomic E-state index is 0.105. The van der Waals surface area contributed by atoms with E-state index in [0.717, 1.165) is 114 Å². The molecule has 0 spiro atoms. The van der Waals surface area contributed by atoms with Crippen molar-refractivity contribution in [2.75, 3.05) is 39.6 Å². The Labute approximate surface area is 619 Å². The summed E-state index contributed by atoms with van der Waals surface area (Å²) in [5.74, 6) is 0.242. The van der Waals surface area contributed by atoms with Crippen LogP contribution in [0.2, 0.25) is 0 Å². The predicted octanol–water partition coefficient (Wildman–Crippen LogP) is 24.5. The van der Waals surface area contributed by atoms with Crippen molar-refractivity contribution in [3.63, 3.8) is 0 Å². The smallest absolute Gasteiger partial charge is 0.462 e. The van der Waals surface area contributed by atoms with Gasteiger partial charge < -0.3 is 33.8 Å². The minimum atomic E-state index is -4.96. The lowest BCUT2D eigenvalue weighted by atomic mass is 9.99. The summed E-state index contributed by atoms with van der Waals surface area (Å²) in [5.41, 5.74) is 0. The van der Waals surface area contributed by atoms with Crippen molar-refractivity contribution in [1.29, 1.82) is 0 Å².